The summed E-state index contributed by atoms with van der Waals surface area (Å²) in [6, 6.07) is 39.4. The zero-order valence-electron chi connectivity index (χ0n) is 20.0. The van der Waals surface area contributed by atoms with Gasteiger partial charge in [0.05, 0.1) is 0 Å². The largest absolute Gasteiger partial charge is 0.455 e. The summed E-state index contributed by atoms with van der Waals surface area (Å²) in [5.41, 5.74) is 12.6. The Labute approximate surface area is 205 Å². The van der Waals surface area contributed by atoms with E-state index >= 15 is 0 Å². The molecule has 0 saturated carbocycles. The Morgan fingerprint density at radius 2 is 1.29 bits per heavy atom. The standard InChI is InChI=1S/C34H26O/c1-34(2)29-14-5-3-11-28(29)32-24(9-7-15-30(32)34)21-22-17-19-23(20-18-22)25-12-8-13-27-26-10-4-6-16-31(26)35-33(25)27/h3-20H,21H2,1-2H3. The van der Waals surface area contributed by atoms with E-state index in [9.17, 15) is 0 Å². The van der Waals surface area contributed by atoms with Gasteiger partial charge in [0.15, 0.2) is 0 Å². The Balaban J connectivity index is 1.27. The third kappa shape index (κ3) is 3.01. The van der Waals surface area contributed by atoms with Gasteiger partial charge in [0, 0.05) is 21.8 Å². The number of fused-ring (bicyclic) bond motifs is 6. The first-order chi connectivity index (χ1) is 17.1. The van der Waals surface area contributed by atoms with Gasteiger partial charge in [-0.15, -0.1) is 0 Å². The third-order valence-electron chi connectivity index (χ3n) is 7.76. The van der Waals surface area contributed by atoms with Gasteiger partial charge in [0.1, 0.15) is 11.2 Å². The van der Waals surface area contributed by atoms with Crippen LogP contribution in [-0.4, -0.2) is 0 Å². The monoisotopic (exact) mass is 450 g/mol. The molecule has 1 aliphatic rings. The van der Waals surface area contributed by atoms with Crippen molar-refractivity contribution in [2.45, 2.75) is 25.7 Å². The van der Waals surface area contributed by atoms with Crippen LogP contribution in [0.4, 0.5) is 0 Å². The maximum atomic E-state index is 6.27. The van der Waals surface area contributed by atoms with E-state index in [0.29, 0.717) is 0 Å². The highest BCUT2D eigenvalue weighted by Gasteiger charge is 2.36. The predicted molar refractivity (Wildman–Crippen MR) is 146 cm³/mol. The minimum Gasteiger partial charge on any atom is -0.455 e. The van der Waals surface area contributed by atoms with Crippen molar-refractivity contribution in [3.8, 4) is 22.3 Å². The molecule has 6 aromatic rings. The van der Waals surface area contributed by atoms with E-state index in [2.05, 4.69) is 111 Å². The van der Waals surface area contributed by atoms with Crippen LogP contribution in [0.25, 0.3) is 44.2 Å². The summed E-state index contributed by atoms with van der Waals surface area (Å²) in [7, 11) is 0. The van der Waals surface area contributed by atoms with Crippen LogP contribution in [0.5, 0.6) is 0 Å². The lowest BCUT2D eigenvalue weighted by molar-refractivity contribution is 0.660. The van der Waals surface area contributed by atoms with Crippen molar-refractivity contribution in [2.24, 2.45) is 0 Å². The van der Waals surface area contributed by atoms with E-state index in [4.69, 9.17) is 4.42 Å². The minimum absolute atomic E-state index is 0.0387. The highest BCUT2D eigenvalue weighted by atomic mass is 16.3. The van der Waals surface area contributed by atoms with E-state index in [1.54, 1.807) is 0 Å². The van der Waals surface area contributed by atoms with Gasteiger partial charge in [0.2, 0.25) is 0 Å². The second kappa shape index (κ2) is 7.45. The lowest BCUT2D eigenvalue weighted by Crippen LogP contribution is -2.14. The third-order valence-corrected chi connectivity index (χ3v) is 7.76. The molecular weight excluding hydrogens is 424 g/mol. The molecule has 5 aromatic carbocycles. The molecule has 7 rings (SSSR count). The van der Waals surface area contributed by atoms with E-state index in [0.717, 1.165) is 23.2 Å². The summed E-state index contributed by atoms with van der Waals surface area (Å²) >= 11 is 0. The Morgan fingerprint density at radius 3 is 2.17 bits per heavy atom. The normalized spacial score (nSPS) is 13.8. The van der Waals surface area contributed by atoms with Crippen LogP contribution in [0.2, 0.25) is 0 Å². The smallest absolute Gasteiger partial charge is 0.143 e. The van der Waals surface area contributed by atoms with E-state index < -0.39 is 0 Å². The molecule has 1 heterocycles. The SMILES string of the molecule is CC1(C)c2ccccc2-c2c(Cc3ccc(-c4cccc5c4oc4ccccc45)cc3)cccc21. The number of para-hydroxylation sites is 2. The molecule has 0 bridgehead atoms. The molecule has 0 N–H and O–H groups in total. The van der Waals surface area contributed by atoms with Crippen molar-refractivity contribution in [3.63, 3.8) is 0 Å². The molecule has 1 nitrogen and oxygen atoms in total. The number of hydrogen-bond donors (Lipinski definition) is 0. The summed E-state index contributed by atoms with van der Waals surface area (Å²) in [5, 5.41) is 2.34. The molecule has 0 radical (unpaired) electrons. The molecule has 0 fully saturated rings. The first-order valence-electron chi connectivity index (χ1n) is 12.3. The van der Waals surface area contributed by atoms with Crippen LogP contribution in [-0.2, 0) is 11.8 Å². The zero-order valence-corrected chi connectivity index (χ0v) is 20.0. The number of hydrogen-bond acceptors (Lipinski definition) is 1. The summed E-state index contributed by atoms with van der Waals surface area (Å²) < 4.78 is 6.27. The lowest BCUT2D eigenvalue weighted by atomic mass is 9.82. The predicted octanol–water partition coefficient (Wildman–Crippen LogP) is 9.15. The molecule has 0 unspecified atom stereocenters. The highest BCUT2D eigenvalue weighted by Crippen LogP contribution is 2.50. The second-order valence-electron chi connectivity index (χ2n) is 10.2. The Hall–Kier alpha value is -4.10. The zero-order chi connectivity index (χ0) is 23.6. The molecule has 0 aliphatic heterocycles. The quantitative estimate of drug-likeness (QED) is 0.262. The van der Waals surface area contributed by atoms with Gasteiger partial charge < -0.3 is 4.42 Å². The van der Waals surface area contributed by atoms with Crippen molar-refractivity contribution in [2.75, 3.05) is 0 Å². The first-order valence-corrected chi connectivity index (χ1v) is 12.3. The Kier molecular flexibility index (Phi) is 4.32. The molecule has 0 saturated heterocycles. The van der Waals surface area contributed by atoms with Crippen LogP contribution in [0.3, 0.4) is 0 Å². The minimum atomic E-state index is 0.0387. The second-order valence-corrected chi connectivity index (χ2v) is 10.2. The van der Waals surface area contributed by atoms with Gasteiger partial charge in [-0.1, -0.05) is 117 Å². The van der Waals surface area contributed by atoms with Crippen molar-refractivity contribution < 1.29 is 4.42 Å². The summed E-state index contributed by atoms with van der Waals surface area (Å²) in [4.78, 5) is 0. The molecule has 168 valence electrons. The summed E-state index contributed by atoms with van der Waals surface area (Å²) in [6.45, 7) is 4.68. The molecule has 1 heteroatoms. The van der Waals surface area contributed by atoms with Gasteiger partial charge in [-0.25, -0.2) is 0 Å². The molecular formula is C34H26O. The van der Waals surface area contributed by atoms with Crippen molar-refractivity contribution >= 4 is 21.9 Å². The molecule has 0 spiro atoms. The highest BCUT2D eigenvalue weighted by molar-refractivity contribution is 6.09. The number of rotatable bonds is 3. The Morgan fingerprint density at radius 1 is 0.600 bits per heavy atom. The fourth-order valence-electron chi connectivity index (χ4n) is 5.97. The average Bonchev–Trinajstić information content (AvgIpc) is 3.38. The van der Waals surface area contributed by atoms with Crippen molar-refractivity contribution in [1.82, 2.24) is 0 Å². The fourth-order valence-corrected chi connectivity index (χ4v) is 5.97. The topological polar surface area (TPSA) is 13.1 Å². The van der Waals surface area contributed by atoms with Gasteiger partial charge in [-0.05, 0) is 51.4 Å². The van der Waals surface area contributed by atoms with Gasteiger partial charge in [0.25, 0.3) is 0 Å². The number of furan rings is 1. The van der Waals surface area contributed by atoms with E-state index in [-0.39, 0.29) is 5.41 Å². The molecule has 35 heavy (non-hydrogen) atoms. The molecule has 0 atom stereocenters. The van der Waals surface area contributed by atoms with Gasteiger partial charge in [-0.2, -0.15) is 0 Å². The maximum Gasteiger partial charge on any atom is 0.143 e. The Bertz CT molecular complexity index is 1730. The van der Waals surface area contributed by atoms with E-state index in [1.165, 1.54) is 49.7 Å². The summed E-state index contributed by atoms with van der Waals surface area (Å²) in [6.07, 6.45) is 0.919. The van der Waals surface area contributed by atoms with Crippen LogP contribution in [0.1, 0.15) is 36.1 Å². The number of benzene rings is 5. The van der Waals surface area contributed by atoms with Crippen molar-refractivity contribution in [3.05, 3.63) is 131 Å². The fraction of sp³-hybridized carbons (Fsp3) is 0.118. The maximum absolute atomic E-state index is 6.27. The lowest BCUT2D eigenvalue weighted by Gasteiger charge is -2.21. The van der Waals surface area contributed by atoms with E-state index in [1.807, 2.05) is 12.1 Å². The van der Waals surface area contributed by atoms with Crippen LogP contribution < -0.4 is 0 Å². The average molecular weight is 451 g/mol. The summed E-state index contributed by atoms with van der Waals surface area (Å²) in [5.74, 6) is 0. The van der Waals surface area contributed by atoms with Gasteiger partial charge in [-0.3, -0.25) is 0 Å². The molecule has 1 aromatic heterocycles. The van der Waals surface area contributed by atoms with Crippen LogP contribution in [0, 0.1) is 0 Å². The molecule has 0 amide bonds. The first kappa shape index (κ1) is 20.3. The van der Waals surface area contributed by atoms with Crippen molar-refractivity contribution in [1.29, 1.82) is 0 Å². The van der Waals surface area contributed by atoms with Gasteiger partial charge >= 0.3 is 0 Å². The van der Waals surface area contributed by atoms with Crippen LogP contribution in [0.15, 0.2) is 114 Å². The molecule has 1 aliphatic carbocycles. The van der Waals surface area contributed by atoms with Crippen LogP contribution >= 0.6 is 0 Å².